The van der Waals surface area contributed by atoms with Crippen molar-refractivity contribution in [1.82, 2.24) is 19.7 Å². The van der Waals surface area contributed by atoms with Gasteiger partial charge in [-0.15, -0.1) is 11.3 Å². The molecule has 1 saturated heterocycles. The highest BCUT2D eigenvalue weighted by Gasteiger charge is 2.49. The summed E-state index contributed by atoms with van der Waals surface area (Å²) in [6, 6.07) is 4.10. The van der Waals surface area contributed by atoms with Gasteiger partial charge in [0.15, 0.2) is 0 Å². The number of hydrogen-bond donors (Lipinski definition) is 3. The number of aromatic nitrogens is 1. The molecule has 0 radical (unpaired) electrons. The minimum Gasteiger partial charge on any atom is -0.496 e. The molecular formula is C28H34N4O8S. The van der Waals surface area contributed by atoms with Crippen LogP contribution in [0.5, 0.6) is 5.75 Å². The van der Waals surface area contributed by atoms with Gasteiger partial charge in [-0.25, -0.2) is 14.6 Å². The molecule has 2 aliphatic heterocycles. The van der Waals surface area contributed by atoms with Gasteiger partial charge in [-0.1, -0.05) is 12.1 Å². The molecule has 13 heteroatoms. The van der Waals surface area contributed by atoms with Gasteiger partial charge in [-0.3, -0.25) is 9.69 Å². The summed E-state index contributed by atoms with van der Waals surface area (Å²) in [6.45, 7) is 2.40. The van der Waals surface area contributed by atoms with Crippen molar-refractivity contribution in [2.45, 2.75) is 57.5 Å². The summed E-state index contributed by atoms with van der Waals surface area (Å²) in [5.74, 6) is 0.422. The number of carbonyl (C=O) groups is 3. The Hall–Kier alpha value is -3.68. The molecule has 2 atom stereocenters. The Balaban J connectivity index is 1.58. The molecule has 3 N–H and O–H groups in total. The molecule has 220 valence electrons. The lowest BCUT2D eigenvalue weighted by Gasteiger charge is -2.49. The van der Waals surface area contributed by atoms with Crippen LogP contribution >= 0.6 is 11.3 Å². The summed E-state index contributed by atoms with van der Waals surface area (Å²) in [5, 5.41) is 29.7. The van der Waals surface area contributed by atoms with E-state index < -0.39 is 24.3 Å². The summed E-state index contributed by atoms with van der Waals surface area (Å²) >= 11 is 1.35. The number of hydrogen-bond acceptors (Lipinski definition) is 8. The summed E-state index contributed by atoms with van der Waals surface area (Å²) in [7, 11) is 1.60. The van der Waals surface area contributed by atoms with Crippen LogP contribution in [0.4, 0.5) is 9.59 Å². The Bertz CT molecular complexity index is 1360. The highest BCUT2D eigenvalue weighted by Crippen LogP contribution is 2.42. The molecule has 12 nitrogen and oxygen atoms in total. The van der Waals surface area contributed by atoms with E-state index in [1.54, 1.807) is 18.2 Å². The largest absolute Gasteiger partial charge is 0.496 e. The number of ether oxygens (including phenoxy) is 2. The molecule has 3 heterocycles. The molecule has 2 fully saturated rings. The van der Waals surface area contributed by atoms with Crippen LogP contribution in [0.2, 0.25) is 0 Å². The van der Waals surface area contributed by atoms with Crippen molar-refractivity contribution < 1.29 is 39.2 Å². The van der Waals surface area contributed by atoms with E-state index in [1.807, 2.05) is 25.1 Å². The standard InChI is InChI=1S/C28H34N4O8S/c1-16-17(4-3-5-22(16)39-2)12-31(18-6-7-18)26(34)25-20(23-11-29-24(41-23)15-40-9-8-33)10-19-13-30(27(35)36)14-21(25)32(19)28(37)38/h3-5,11,18-19,21,33H,6-10,12-15H2,1-2H3,(H,35,36)(H,37,38). The summed E-state index contributed by atoms with van der Waals surface area (Å²) in [6.07, 6.45) is 1.19. The van der Waals surface area contributed by atoms with Gasteiger partial charge in [0.1, 0.15) is 10.8 Å². The quantitative estimate of drug-likeness (QED) is 0.357. The van der Waals surface area contributed by atoms with E-state index in [-0.39, 0.29) is 51.3 Å². The van der Waals surface area contributed by atoms with E-state index in [0.29, 0.717) is 28.4 Å². The molecule has 2 aromatic rings. The van der Waals surface area contributed by atoms with E-state index in [1.165, 1.54) is 21.1 Å². The van der Waals surface area contributed by atoms with E-state index >= 15 is 0 Å². The summed E-state index contributed by atoms with van der Waals surface area (Å²) < 4.78 is 10.9. The molecule has 1 aliphatic carbocycles. The first-order valence-electron chi connectivity index (χ1n) is 13.5. The number of aliphatic hydroxyl groups excluding tert-OH is 1. The Morgan fingerprint density at radius 2 is 1.95 bits per heavy atom. The fraction of sp³-hybridized carbons (Fsp3) is 0.500. The highest BCUT2D eigenvalue weighted by molar-refractivity contribution is 7.12. The number of piperazine rings is 1. The van der Waals surface area contributed by atoms with Crippen molar-refractivity contribution in [2.75, 3.05) is 33.4 Å². The van der Waals surface area contributed by atoms with Crippen molar-refractivity contribution in [3.8, 4) is 5.75 Å². The minimum absolute atomic E-state index is 0.000855. The smallest absolute Gasteiger partial charge is 0.408 e. The summed E-state index contributed by atoms with van der Waals surface area (Å²) in [5.41, 5.74) is 2.84. The highest BCUT2D eigenvalue weighted by atomic mass is 32.1. The molecule has 1 aromatic heterocycles. The fourth-order valence-electron chi connectivity index (χ4n) is 5.74. The lowest BCUT2D eigenvalue weighted by Crippen LogP contribution is -2.65. The zero-order valence-corrected chi connectivity index (χ0v) is 23.8. The molecule has 2 unspecified atom stereocenters. The van der Waals surface area contributed by atoms with Gasteiger partial charge in [0.05, 0.1) is 43.9 Å². The van der Waals surface area contributed by atoms with E-state index in [4.69, 9.17) is 14.6 Å². The van der Waals surface area contributed by atoms with Crippen LogP contribution in [-0.2, 0) is 22.7 Å². The molecule has 5 rings (SSSR count). The number of fused-ring (bicyclic) bond motifs is 2. The number of rotatable bonds is 10. The van der Waals surface area contributed by atoms with Crippen molar-refractivity contribution in [1.29, 1.82) is 0 Å². The molecule has 0 spiro atoms. The van der Waals surface area contributed by atoms with Crippen LogP contribution in [-0.4, -0.2) is 105 Å². The average Bonchev–Trinajstić information content (AvgIpc) is 3.68. The van der Waals surface area contributed by atoms with E-state index in [2.05, 4.69) is 4.98 Å². The van der Waals surface area contributed by atoms with Crippen LogP contribution < -0.4 is 4.74 Å². The zero-order chi connectivity index (χ0) is 29.3. The Labute approximate surface area is 241 Å². The molecule has 2 bridgehead atoms. The van der Waals surface area contributed by atoms with Gasteiger partial charge >= 0.3 is 12.2 Å². The minimum atomic E-state index is -1.18. The van der Waals surface area contributed by atoms with E-state index in [9.17, 15) is 24.6 Å². The molecule has 3 amide bonds. The summed E-state index contributed by atoms with van der Waals surface area (Å²) in [4.78, 5) is 48.5. The van der Waals surface area contributed by atoms with Crippen LogP contribution in [0.1, 0.15) is 40.3 Å². The zero-order valence-electron chi connectivity index (χ0n) is 23.0. The lowest BCUT2D eigenvalue weighted by atomic mass is 9.83. The van der Waals surface area contributed by atoms with Crippen LogP contribution in [0, 0.1) is 6.92 Å². The third-order valence-electron chi connectivity index (χ3n) is 7.89. The third-order valence-corrected chi connectivity index (χ3v) is 8.92. The second-order valence-corrected chi connectivity index (χ2v) is 11.6. The lowest BCUT2D eigenvalue weighted by molar-refractivity contribution is -0.129. The van der Waals surface area contributed by atoms with Crippen LogP contribution in [0.3, 0.4) is 0 Å². The number of carbonyl (C=O) groups excluding carboxylic acids is 1. The predicted molar refractivity (Wildman–Crippen MR) is 149 cm³/mol. The topological polar surface area (TPSA) is 153 Å². The van der Waals surface area contributed by atoms with Crippen LogP contribution in [0.25, 0.3) is 5.57 Å². The number of nitrogens with zero attached hydrogens (tertiary/aromatic N) is 4. The second-order valence-electron chi connectivity index (χ2n) is 10.4. The van der Waals surface area contributed by atoms with Crippen LogP contribution in [0.15, 0.2) is 30.0 Å². The van der Waals surface area contributed by atoms with Gasteiger partial charge in [0.2, 0.25) is 0 Å². The number of thiazole rings is 1. The first-order chi connectivity index (χ1) is 19.7. The van der Waals surface area contributed by atoms with Gasteiger partial charge < -0.3 is 34.6 Å². The second kappa shape index (κ2) is 12.0. The van der Waals surface area contributed by atoms with Gasteiger partial charge in [-0.2, -0.15) is 0 Å². The maximum atomic E-state index is 14.6. The van der Waals surface area contributed by atoms with E-state index in [0.717, 1.165) is 28.8 Å². The Morgan fingerprint density at radius 1 is 1.17 bits per heavy atom. The maximum absolute atomic E-state index is 14.6. The number of benzene rings is 1. The number of carboxylic acid groups (broad SMARTS) is 2. The van der Waals surface area contributed by atoms with Crippen molar-refractivity contribution in [3.63, 3.8) is 0 Å². The number of aliphatic hydroxyl groups is 1. The molecule has 3 aliphatic rings. The van der Waals surface area contributed by atoms with Crippen molar-refractivity contribution in [3.05, 3.63) is 51.0 Å². The number of methoxy groups -OCH3 is 1. The third kappa shape index (κ3) is 5.88. The normalized spacial score (nSPS) is 20.3. The molecule has 1 aromatic carbocycles. The van der Waals surface area contributed by atoms with Gasteiger partial charge in [0.25, 0.3) is 5.91 Å². The molecular weight excluding hydrogens is 552 g/mol. The Kier molecular flexibility index (Phi) is 8.47. The van der Waals surface area contributed by atoms with Crippen molar-refractivity contribution >= 4 is 35.0 Å². The average molecular weight is 587 g/mol. The monoisotopic (exact) mass is 586 g/mol. The molecule has 1 saturated carbocycles. The Morgan fingerprint density at radius 3 is 2.61 bits per heavy atom. The van der Waals surface area contributed by atoms with Gasteiger partial charge in [-0.05, 0) is 49.0 Å². The number of amides is 3. The molecule has 41 heavy (non-hydrogen) atoms. The predicted octanol–water partition coefficient (Wildman–Crippen LogP) is 3.03. The van der Waals surface area contributed by atoms with Gasteiger partial charge in [0, 0.05) is 37.4 Å². The first kappa shape index (κ1) is 28.8. The SMILES string of the molecule is COc1cccc(CN(C(=O)C2=C(c3cnc(COCCO)s3)CC3CN(C(=O)O)CC2N3C(=O)O)C2CC2)c1C. The first-order valence-corrected chi connectivity index (χ1v) is 14.3. The fourth-order valence-corrected chi connectivity index (χ4v) is 6.67. The van der Waals surface area contributed by atoms with Crippen molar-refractivity contribution in [2.24, 2.45) is 0 Å². The maximum Gasteiger partial charge on any atom is 0.408 e.